The highest BCUT2D eigenvalue weighted by atomic mass is 35.5. The lowest BCUT2D eigenvalue weighted by Gasteiger charge is -2.24. The fourth-order valence-electron chi connectivity index (χ4n) is 1.78. The van der Waals surface area contributed by atoms with Gasteiger partial charge in [-0.15, -0.1) is 12.4 Å². The summed E-state index contributed by atoms with van der Waals surface area (Å²) in [5.41, 5.74) is 0.439. The van der Waals surface area contributed by atoms with E-state index in [-0.39, 0.29) is 25.2 Å². The number of nitrogens with one attached hydrogen (secondary N) is 1. The average molecular weight is 330 g/mol. The Morgan fingerprint density at radius 2 is 1.82 bits per heavy atom. The topological polar surface area (TPSA) is 75.6 Å². The third kappa shape index (κ3) is 8.64. The smallest absolute Gasteiger partial charge is 0.323 e. The van der Waals surface area contributed by atoms with Gasteiger partial charge in [-0.1, -0.05) is 30.3 Å². The van der Waals surface area contributed by atoms with Crippen LogP contribution in [-0.4, -0.2) is 28.7 Å². The molecule has 5 nitrogen and oxygen atoms in total. The van der Waals surface area contributed by atoms with Crippen LogP contribution >= 0.6 is 12.4 Å². The summed E-state index contributed by atoms with van der Waals surface area (Å²) in [6, 6.07) is 9.00. The molecule has 0 spiro atoms. The number of carbonyl (C=O) groups is 2. The molecule has 1 aromatic rings. The lowest BCUT2D eigenvalue weighted by Crippen LogP contribution is -2.41. The fraction of sp³-hybridized carbons (Fsp3) is 0.500. The summed E-state index contributed by atoms with van der Waals surface area (Å²) in [4.78, 5) is 22.8. The molecule has 0 radical (unpaired) electrons. The molecule has 0 heterocycles. The maximum Gasteiger partial charge on any atom is 0.323 e. The summed E-state index contributed by atoms with van der Waals surface area (Å²) in [5.74, 6) is -1.34. The van der Waals surface area contributed by atoms with Crippen LogP contribution in [-0.2, 0) is 20.9 Å². The standard InChI is InChI=1S/C16H23NO4.ClH/c1-16(2,3)21-15(20)13(9-10-14(18)19)17-11-12-7-5-4-6-8-12;/h4-8,13,17H,9-11H2,1-3H3,(H,18,19);1H. The number of benzene rings is 1. The molecule has 1 unspecified atom stereocenters. The van der Waals surface area contributed by atoms with Gasteiger partial charge in [0, 0.05) is 13.0 Å². The summed E-state index contributed by atoms with van der Waals surface area (Å²) in [7, 11) is 0. The van der Waals surface area contributed by atoms with Gasteiger partial charge in [0.1, 0.15) is 11.6 Å². The van der Waals surface area contributed by atoms with Gasteiger partial charge in [0.25, 0.3) is 0 Å². The zero-order chi connectivity index (χ0) is 15.9. The van der Waals surface area contributed by atoms with Gasteiger partial charge < -0.3 is 15.2 Å². The monoisotopic (exact) mass is 329 g/mol. The number of carboxylic acids is 1. The summed E-state index contributed by atoms with van der Waals surface area (Å²) < 4.78 is 5.33. The number of esters is 1. The Labute approximate surface area is 137 Å². The Bertz CT molecular complexity index is 471. The van der Waals surface area contributed by atoms with E-state index in [1.807, 2.05) is 30.3 Å². The molecule has 1 rings (SSSR count). The minimum Gasteiger partial charge on any atom is -0.481 e. The van der Waals surface area contributed by atoms with Crippen molar-refractivity contribution in [3.63, 3.8) is 0 Å². The molecule has 0 bridgehead atoms. The first kappa shape index (κ1) is 20.4. The van der Waals surface area contributed by atoms with E-state index < -0.39 is 23.6 Å². The molecule has 0 aromatic heterocycles. The zero-order valence-corrected chi connectivity index (χ0v) is 14.0. The first-order chi connectivity index (χ1) is 9.78. The van der Waals surface area contributed by atoms with Crippen molar-refractivity contribution in [2.75, 3.05) is 0 Å². The summed E-state index contributed by atoms with van der Waals surface area (Å²) in [6.07, 6.45) is 0.128. The van der Waals surface area contributed by atoms with E-state index in [2.05, 4.69) is 5.32 Å². The van der Waals surface area contributed by atoms with Crippen LogP contribution in [0, 0.1) is 0 Å². The van der Waals surface area contributed by atoms with Crippen LogP contribution in [0.1, 0.15) is 39.2 Å². The molecule has 1 aromatic carbocycles. The van der Waals surface area contributed by atoms with E-state index in [1.165, 1.54) is 0 Å². The summed E-state index contributed by atoms with van der Waals surface area (Å²) in [6.45, 7) is 5.85. The number of hydrogen-bond donors (Lipinski definition) is 2. The minimum atomic E-state index is -0.926. The van der Waals surface area contributed by atoms with Crippen molar-refractivity contribution in [1.82, 2.24) is 5.32 Å². The second-order valence-corrected chi connectivity index (χ2v) is 5.88. The van der Waals surface area contributed by atoms with Gasteiger partial charge in [0.05, 0.1) is 0 Å². The maximum atomic E-state index is 12.1. The van der Waals surface area contributed by atoms with Crippen molar-refractivity contribution in [2.24, 2.45) is 0 Å². The van der Waals surface area contributed by atoms with Crippen LogP contribution in [0.3, 0.4) is 0 Å². The highest BCUT2D eigenvalue weighted by molar-refractivity contribution is 5.85. The Morgan fingerprint density at radius 1 is 1.23 bits per heavy atom. The van der Waals surface area contributed by atoms with E-state index in [4.69, 9.17) is 9.84 Å². The molecule has 0 aliphatic carbocycles. The first-order valence-electron chi connectivity index (χ1n) is 7.00. The number of halogens is 1. The molecule has 0 aliphatic heterocycles. The molecule has 0 saturated carbocycles. The lowest BCUT2D eigenvalue weighted by atomic mass is 10.1. The minimum absolute atomic E-state index is 0. The van der Waals surface area contributed by atoms with E-state index in [1.54, 1.807) is 20.8 Å². The van der Waals surface area contributed by atoms with Crippen molar-refractivity contribution in [3.8, 4) is 0 Å². The third-order valence-corrected chi connectivity index (χ3v) is 2.73. The molecule has 0 saturated heterocycles. The van der Waals surface area contributed by atoms with Crippen LogP contribution in [0.2, 0.25) is 0 Å². The van der Waals surface area contributed by atoms with E-state index in [0.717, 1.165) is 5.56 Å². The van der Waals surface area contributed by atoms with E-state index >= 15 is 0 Å². The van der Waals surface area contributed by atoms with Crippen molar-refractivity contribution in [2.45, 2.75) is 51.8 Å². The first-order valence-corrected chi connectivity index (χ1v) is 7.00. The Morgan fingerprint density at radius 3 is 2.32 bits per heavy atom. The summed E-state index contributed by atoms with van der Waals surface area (Å²) >= 11 is 0. The molecule has 22 heavy (non-hydrogen) atoms. The van der Waals surface area contributed by atoms with E-state index in [0.29, 0.717) is 6.54 Å². The Hall–Kier alpha value is -1.59. The Kier molecular flexibility index (Phi) is 8.75. The molecule has 1 atom stereocenters. The highest BCUT2D eigenvalue weighted by Gasteiger charge is 2.25. The van der Waals surface area contributed by atoms with Gasteiger partial charge in [-0.2, -0.15) is 0 Å². The van der Waals surface area contributed by atoms with Crippen LogP contribution in [0.15, 0.2) is 30.3 Å². The van der Waals surface area contributed by atoms with Gasteiger partial charge in [-0.05, 0) is 32.8 Å². The van der Waals surface area contributed by atoms with Crippen molar-refractivity contribution in [1.29, 1.82) is 0 Å². The van der Waals surface area contributed by atoms with Gasteiger partial charge in [0.15, 0.2) is 0 Å². The van der Waals surface area contributed by atoms with Crippen LogP contribution in [0.5, 0.6) is 0 Å². The zero-order valence-electron chi connectivity index (χ0n) is 13.2. The van der Waals surface area contributed by atoms with Crippen LogP contribution in [0.4, 0.5) is 0 Å². The summed E-state index contributed by atoms with van der Waals surface area (Å²) in [5, 5.41) is 11.9. The predicted molar refractivity (Wildman–Crippen MR) is 87.0 cm³/mol. The van der Waals surface area contributed by atoms with E-state index in [9.17, 15) is 9.59 Å². The number of carboxylic acid groups (broad SMARTS) is 1. The second kappa shape index (κ2) is 9.43. The number of ether oxygens (including phenoxy) is 1. The predicted octanol–water partition coefficient (Wildman–Crippen LogP) is 2.77. The fourth-order valence-corrected chi connectivity index (χ4v) is 1.78. The second-order valence-electron chi connectivity index (χ2n) is 5.88. The largest absolute Gasteiger partial charge is 0.481 e. The van der Waals surface area contributed by atoms with Gasteiger partial charge >= 0.3 is 11.9 Å². The number of hydrogen-bond acceptors (Lipinski definition) is 4. The van der Waals surface area contributed by atoms with Crippen molar-refractivity contribution in [3.05, 3.63) is 35.9 Å². The highest BCUT2D eigenvalue weighted by Crippen LogP contribution is 2.11. The van der Waals surface area contributed by atoms with Crippen molar-refractivity contribution < 1.29 is 19.4 Å². The number of rotatable bonds is 7. The molecule has 0 amide bonds. The molecule has 0 aliphatic rings. The molecular weight excluding hydrogens is 306 g/mol. The third-order valence-electron chi connectivity index (χ3n) is 2.73. The molecular formula is C16H24ClNO4. The average Bonchev–Trinajstić information content (AvgIpc) is 2.37. The quantitative estimate of drug-likeness (QED) is 0.752. The van der Waals surface area contributed by atoms with Crippen LogP contribution in [0.25, 0.3) is 0 Å². The van der Waals surface area contributed by atoms with Gasteiger partial charge in [-0.25, -0.2) is 0 Å². The number of aliphatic carboxylic acids is 1. The SMILES string of the molecule is CC(C)(C)OC(=O)C(CCC(=O)O)NCc1ccccc1.Cl. The molecule has 2 N–H and O–H groups in total. The molecule has 6 heteroatoms. The van der Waals surface area contributed by atoms with Gasteiger partial charge in [-0.3, -0.25) is 9.59 Å². The normalized spacial score (nSPS) is 12.1. The lowest BCUT2D eigenvalue weighted by molar-refractivity contribution is -0.157. The Balaban J connectivity index is 0.00000441. The molecule has 0 fully saturated rings. The van der Waals surface area contributed by atoms with Crippen LogP contribution < -0.4 is 5.32 Å². The van der Waals surface area contributed by atoms with Crippen molar-refractivity contribution >= 4 is 24.3 Å². The van der Waals surface area contributed by atoms with Gasteiger partial charge in [0.2, 0.25) is 0 Å². The molecule has 124 valence electrons. The maximum absolute atomic E-state index is 12.1. The number of carbonyl (C=O) groups excluding carboxylic acids is 1.